The van der Waals surface area contributed by atoms with Gasteiger partial charge in [0.05, 0.1) is 16.3 Å². The Morgan fingerprint density at radius 1 is 1.38 bits per heavy atom. The quantitative estimate of drug-likeness (QED) is 0.772. The van der Waals surface area contributed by atoms with Gasteiger partial charge in [-0.15, -0.1) is 0 Å². The van der Waals surface area contributed by atoms with Crippen LogP contribution < -0.4 is 10.6 Å². The fourth-order valence-corrected chi connectivity index (χ4v) is 2.31. The molecule has 1 unspecified atom stereocenters. The highest BCUT2D eigenvalue weighted by Crippen LogP contribution is 2.31. The number of benzene rings is 1. The lowest BCUT2D eigenvalue weighted by Gasteiger charge is -2.08. The highest BCUT2D eigenvalue weighted by molar-refractivity contribution is 9.10. The SMILES string of the molecule is CC1NC(=O)c2cc(Br)cc(Cl)c2NC1=O. The molecule has 1 aliphatic rings. The van der Waals surface area contributed by atoms with Crippen LogP contribution in [0.1, 0.15) is 17.3 Å². The maximum Gasteiger partial charge on any atom is 0.254 e. The normalized spacial score (nSPS) is 19.6. The van der Waals surface area contributed by atoms with Crippen LogP contribution in [0, 0.1) is 0 Å². The van der Waals surface area contributed by atoms with Gasteiger partial charge in [0, 0.05) is 4.47 Å². The van der Waals surface area contributed by atoms with E-state index < -0.39 is 6.04 Å². The molecule has 0 fully saturated rings. The van der Waals surface area contributed by atoms with Crippen LogP contribution in [0.25, 0.3) is 0 Å². The molecule has 1 aromatic carbocycles. The third-order valence-corrected chi connectivity index (χ3v) is 3.04. The van der Waals surface area contributed by atoms with E-state index in [-0.39, 0.29) is 11.8 Å². The summed E-state index contributed by atoms with van der Waals surface area (Å²) in [6, 6.07) is 2.67. The van der Waals surface area contributed by atoms with E-state index in [1.807, 2.05) is 0 Å². The van der Waals surface area contributed by atoms with Crippen molar-refractivity contribution < 1.29 is 9.59 Å². The second kappa shape index (κ2) is 4.07. The van der Waals surface area contributed by atoms with Crippen LogP contribution in [-0.4, -0.2) is 17.9 Å². The number of halogens is 2. The largest absolute Gasteiger partial charge is 0.340 e. The topological polar surface area (TPSA) is 58.2 Å². The lowest BCUT2D eigenvalue weighted by atomic mass is 10.1. The molecule has 1 heterocycles. The van der Waals surface area contributed by atoms with Crippen molar-refractivity contribution in [3.05, 3.63) is 27.2 Å². The molecule has 1 atom stereocenters. The molecule has 6 heteroatoms. The van der Waals surface area contributed by atoms with Gasteiger partial charge in [0.25, 0.3) is 5.91 Å². The first-order valence-corrected chi connectivity index (χ1v) is 5.77. The third-order valence-electron chi connectivity index (χ3n) is 2.29. The molecule has 2 N–H and O–H groups in total. The van der Waals surface area contributed by atoms with Crippen molar-refractivity contribution in [2.75, 3.05) is 5.32 Å². The minimum Gasteiger partial charge on any atom is -0.340 e. The van der Waals surface area contributed by atoms with Crippen molar-refractivity contribution in [1.82, 2.24) is 5.32 Å². The number of carbonyl (C=O) groups is 2. The van der Waals surface area contributed by atoms with Crippen LogP contribution in [-0.2, 0) is 4.79 Å². The minimum atomic E-state index is -0.574. The van der Waals surface area contributed by atoms with Crippen molar-refractivity contribution in [1.29, 1.82) is 0 Å². The summed E-state index contributed by atoms with van der Waals surface area (Å²) in [5.41, 5.74) is 0.716. The molecular formula is C10H8BrClN2O2. The van der Waals surface area contributed by atoms with Crippen LogP contribution in [0.3, 0.4) is 0 Å². The number of hydrogen-bond acceptors (Lipinski definition) is 2. The molecule has 0 bridgehead atoms. The molecular weight excluding hydrogens is 295 g/mol. The predicted molar refractivity (Wildman–Crippen MR) is 64.7 cm³/mol. The van der Waals surface area contributed by atoms with Gasteiger partial charge in [0.15, 0.2) is 0 Å². The number of nitrogens with one attached hydrogen (secondary N) is 2. The standard InChI is InChI=1S/C10H8BrClN2O2/c1-4-9(15)14-8-6(10(16)13-4)2-5(11)3-7(8)12/h2-4H,1H3,(H,13,16)(H,14,15). The Hall–Kier alpha value is -1.07. The van der Waals surface area contributed by atoms with Crippen LogP contribution >= 0.6 is 27.5 Å². The zero-order valence-corrected chi connectivity index (χ0v) is 10.6. The average molecular weight is 304 g/mol. The fourth-order valence-electron chi connectivity index (χ4n) is 1.45. The van der Waals surface area contributed by atoms with E-state index in [4.69, 9.17) is 11.6 Å². The van der Waals surface area contributed by atoms with E-state index in [9.17, 15) is 9.59 Å². The Labute approximate surface area is 105 Å². The van der Waals surface area contributed by atoms with Crippen LogP contribution in [0.15, 0.2) is 16.6 Å². The maximum atomic E-state index is 11.8. The lowest BCUT2D eigenvalue weighted by molar-refractivity contribution is -0.117. The molecule has 2 rings (SSSR count). The van der Waals surface area contributed by atoms with Gasteiger partial charge in [0.1, 0.15) is 6.04 Å². The van der Waals surface area contributed by atoms with E-state index in [0.717, 1.165) is 0 Å². The summed E-state index contributed by atoms with van der Waals surface area (Å²) < 4.78 is 0.690. The van der Waals surface area contributed by atoms with Gasteiger partial charge >= 0.3 is 0 Å². The molecule has 1 aliphatic heterocycles. The summed E-state index contributed by atoms with van der Waals surface area (Å²) in [5, 5.41) is 5.53. The van der Waals surface area contributed by atoms with Gasteiger partial charge in [-0.2, -0.15) is 0 Å². The number of hydrogen-bond donors (Lipinski definition) is 2. The van der Waals surface area contributed by atoms with E-state index in [2.05, 4.69) is 26.6 Å². The van der Waals surface area contributed by atoms with Crippen LogP contribution in [0.2, 0.25) is 5.02 Å². The van der Waals surface area contributed by atoms with Crippen molar-refractivity contribution in [3.63, 3.8) is 0 Å². The Bertz CT molecular complexity index is 490. The monoisotopic (exact) mass is 302 g/mol. The molecule has 0 radical (unpaired) electrons. The molecule has 0 aliphatic carbocycles. The van der Waals surface area contributed by atoms with Crippen molar-refractivity contribution in [2.45, 2.75) is 13.0 Å². The van der Waals surface area contributed by atoms with Gasteiger partial charge in [0.2, 0.25) is 5.91 Å². The van der Waals surface area contributed by atoms with Crippen LogP contribution in [0.4, 0.5) is 5.69 Å². The van der Waals surface area contributed by atoms with E-state index in [1.54, 1.807) is 19.1 Å². The molecule has 4 nitrogen and oxygen atoms in total. The zero-order valence-electron chi connectivity index (χ0n) is 8.30. The highest BCUT2D eigenvalue weighted by atomic mass is 79.9. The molecule has 1 aromatic rings. The van der Waals surface area contributed by atoms with Gasteiger partial charge in [-0.1, -0.05) is 27.5 Å². The van der Waals surface area contributed by atoms with Crippen molar-refractivity contribution in [2.24, 2.45) is 0 Å². The molecule has 0 saturated heterocycles. The predicted octanol–water partition coefficient (Wildman–Crippen LogP) is 2.17. The molecule has 16 heavy (non-hydrogen) atoms. The van der Waals surface area contributed by atoms with Crippen molar-refractivity contribution >= 4 is 45.0 Å². The molecule has 2 amide bonds. The average Bonchev–Trinajstić information content (AvgIpc) is 2.29. The van der Waals surface area contributed by atoms with Crippen molar-refractivity contribution in [3.8, 4) is 0 Å². The maximum absolute atomic E-state index is 11.8. The second-order valence-corrected chi connectivity index (χ2v) is 4.82. The number of anilines is 1. The first kappa shape index (κ1) is 11.4. The highest BCUT2D eigenvalue weighted by Gasteiger charge is 2.26. The first-order valence-electron chi connectivity index (χ1n) is 4.60. The zero-order chi connectivity index (χ0) is 11.9. The summed E-state index contributed by atoms with van der Waals surface area (Å²) in [7, 11) is 0. The number of carbonyl (C=O) groups excluding carboxylic acids is 2. The smallest absolute Gasteiger partial charge is 0.254 e. The van der Waals surface area contributed by atoms with Crippen LogP contribution in [0.5, 0.6) is 0 Å². The number of amides is 2. The van der Waals surface area contributed by atoms with Gasteiger partial charge in [-0.3, -0.25) is 9.59 Å². The third kappa shape index (κ3) is 1.92. The van der Waals surface area contributed by atoms with Gasteiger partial charge in [-0.25, -0.2) is 0 Å². The summed E-state index contributed by atoms with van der Waals surface area (Å²) >= 11 is 9.22. The Balaban J connectivity index is 2.60. The van der Waals surface area contributed by atoms with E-state index >= 15 is 0 Å². The van der Waals surface area contributed by atoms with Gasteiger partial charge < -0.3 is 10.6 Å². The van der Waals surface area contributed by atoms with E-state index in [1.165, 1.54) is 0 Å². The summed E-state index contributed by atoms with van der Waals surface area (Å²) in [6.45, 7) is 1.61. The first-order chi connectivity index (χ1) is 7.49. The second-order valence-electron chi connectivity index (χ2n) is 3.49. The lowest BCUT2D eigenvalue weighted by Crippen LogP contribution is -2.38. The number of rotatable bonds is 0. The Morgan fingerprint density at radius 2 is 2.06 bits per heavy atom. The molecule has 0 spiro atoms. The van der Waals surface area contributed by atoms with Gasteiger partial charge in [-0.05, 0) is 19.1 Å². The molecule has 84 valence electrons. The fraction of sp³-hybridized carbons (Fsp3) is 0.200. The Morgan fingerprint density at radius 3 is 2.75 bits per heavy atom. The summed E-state index contributed by atoms with van der Waals surface area (Å²) in [5.74, 6) is -0.597. The van der Waals surface area contributed by atoms with E-state index in [0.29, 0.717) is 20.7 Å². The molecule has 0 saturated carbocycles. The Kier molecular flexibility index (Phi) is 2.90. The number of fused-ring (bicyclic) bond motifs is 1. The molecule has 0 aromatic heterocycles. The summed E-state index contributed by atoms with van der Waals surface area (Å²) in [6.07, 6.45) is 0. The minimum absolute atomic E-state index is 0.281. The summed E-state index contributed by atoms with van der Waals surface area (Å²) in [4.78, 5) is 23.3.